The molecule has 0 bridgehead atoms. The molecule has 0 aliphatic heterocycles. The van der Waals surface area contributed by atoms with Crippen LogP contribution in [0.15, 0.2) is 24.5 Å². The molecule has 0 spiro atoms. The predicted octanol–water partition coefficient (Wildman–Crippen LogP) is 4.16. The molecule has 7 heteroatoms. The fraction of sp³-hybridized carbons (Fsp3) is 0.450. The van der Waals surface area contributed by atoms with Crippen molar-refractivity contribution in [3.05, 3.63) is 35.0 Å². The number of nitrogens with one attached hydrogen (secondary N) is 1. The average Bonchev–Trinajstić information content (AvgIpc) is 3.08. The van der Waals surface area contributed by atoms with Crippen LogP contribution in [-0.4, -0.2) is 44.7 Å². The molecule has 2 N–H and O–H groups in total. The van der Waals surface area contributed by atoms with Crippen LogP contribution in [-0.2, 0) is 12.8 Å². The molecule has 0 radical (unpaired) electrons. The largest absolute Gasteiger partial charge is 0.396 e. The van der Waals surface area contributed by atoms with Crippen LogP contribution < -0.4 is 5.32 Å². The monoisotopic (exact) mass is 400 g/mol. The van der Waals surface area contributed by atoms with Crippen molar-refractivity contribution in [1.29, 1.82) is 0 Å². The highest BCUT2D eigenvalue weighted by molar-refractivity contribution is 7.98. The molecule has 0 saturated carbocycles. The number of pyridine rings is 1. The fourth-order valence-electron chi connectivity index (χ4n) is 3.63. The van der Waals surface area contributed by atoms with E-state index < -0.39 is 0 Å². The van der Waals surface area contributed by atoms with Gasteiger partial charge in [0.15, 0.2) is 5.82 Å². The number of aliphatic hydroxyl groups is 1. The number of aromatic nitrogens is 3. The van der Waals surface area contributed by atoms with Gasteiger partial charge in [0.05, 0.1) is 5.39 Å². The van der Waals surface area contributed by atoms with Crippen molar-refractivity contribution in [2.75, 3.05) is 23.9 Å². The molecule has 5 nitrogen and oxygen atoms in total. The summed E-state index contributed by atoms with van der Waals surface area (Å²) in [5, 5.41) is 14.3. The summed E-state index contributed by atoms with van der Waals surface area (Å²) < 4.78 is 0. The number of hydrogen-bond acceptors (Lipinski definition) is 7. The van der Waals surface area contributed by atoms with Crippen LogP contribution >= 0.6 is 23.1 Å². The number of fused-ring (bicyclic) bond motifs is 3. The predicted molar refractivity (Wildman–Crippen MR) is 115 cm³/mol. The smallest absolute Gasteiger partial charge is 0.164 e. The second-order valence-electron chi connectivity index (χ2n) is 6.84. The zero-order chi connectivity index (χ0) is 18.6. The van der Waals surface area contributed by atoms with Crippen molar-refractivity contribution in [2.45, 2.75) is 38.1 Å². The molecule has 0 fully saturated rings. The number of thioether (sulfide) groups is 1. The molecule has 1 aliphatic rings. The topological polar surface area (TPSA) is 70.9 Å². The highest BCUT2D eigenvalue weighted by Gasteiger charge is 2.22. The first-order valence-corrected chi connectivity index (χ1v) is 11.6. The molecule has 3 heterocycles. The minimum Gasteiger partial charge on any atom is -0.396 e. The normalized spacial score (nSPS) is 14.9. The molecule has 1 unspecified atom stereocenters. The Labute approximate surface area is 167 Å². The minimum atomic E-state index is 0.170. The second kappa shape index (κ2) is 8.54. The van der Waals surface area contributed by atoms with E-state index in [0.717, 1.165) is 34.8 Å². The summed E-state index contributed by atoms with van der Waals surface area (Å²) in [4.78, 5) is 16.5. The van der Waals surface area contributed by atoms with Gasteiger partial charge in [0.2, 0.25) is 0 Å². The number of nitrogens with zero attached hydrogens (tertiary/aromatic N) is 3. The summed E-state index contributed by atoms with van der Waals surface area (Å²) in [6, 6.07) is 4.10. The Kier molecular flexibility index (Phi) is 5.90. The number of rotatable bonds is 7. The van der Waals surface area contributed by atoms with Gasteiger partial charge < -0.3 is 10.4 Å². The summed E-state index contributed by atoms with van der Waals surface area (Å²) in [6.07, 6.45) is 11.1. The summed E-state index contributed by atoms with van der Waals surface area (Å²) >= 11 is 3.59. The van der Waals surface area contributed by atoms with Crippen LogP contribution in [0.1, 0.15) is 29.7 Å². The Balaban J connectivity index is 1.83. The SMILES string of the molecule is CSCC(CCO)Nc1nc(-c2cccnc2)nc2sc3c(c12)CCCC3. The van der Waals surface area contributed by atoms with E-state index in [9.17, 15) is 5.11 Å². The van der Waals surface area contributed by atoms with E-state index in [1.54, 1.807) is 18.0 Å². The van der Waals surface area contributed by atoms with Gasteiger partial charge in [-0.2, -0.15) is 11.8 Å². The lowest BCUT2D eigenvalue weighted by atomic mass is 9.97. The Bertz CT molecular complexity index is 907. The molecule has 1 aliphatic carbocycles. The Morgan fingerprint density at radius 2 is 2.19 bits per heavy atom. The van der Waals surface area contributed by atoms with Gasteiger partial charge in [0.25, 0.3) is 0 Å². The maximum Gasteiger partial charge on any atom is 0.164 e. The van der Waals surface area contributed by atoms with Crippen LogP contribution in [0, 0.1) is 0 Å². The summed E-state index contributed by atoms with van der Waals surface area (Å²) in [7, 11) is 0. The highest BCUT2D eigenvalue weighted by atomic mass is 32.2. The first-order valence-electron chi connectivity index (χ1n) is 9.39. The van der Waals surface area contributed by atoms with Gasteiger partial charge in [-0.3, -0.25) is 4.98 Å². The molecule has 0 amide bonds. The minimum absolute atomic E-state index is 0.170. The van der Waals surface area contributed by atoms with E-state index in [1.807, 2.05) is 29.7 Å². The van der Waals surface area contributed by atoms with Gasteiger partial charge >= 0.3 is 0 Å². The van der Waals surface area contributed by atoms with Crippen molar-refractivity contribution >= 4 is 39.1 Å². The van der Waals surface area contributed by atoms with E-state index in [0.29, 0.717) is 12.2 Å². The third-order valence-corrected chi connectivity index (χ3v) is 6.84. The van der Waals surface area contributed by atoms with Crippen LogP contribution in [0.5, 0.6) is 0 Å². The number of hydrogen-bond donors (Lipinski definition) is 2. The fourth-order valence-corrected chi connectivity index (χ4v) is 5.55. The lowest BCUT2D eigenvalue weighted by Crippen LogP contribution is -2.24. The van der Waals surface area contributed by atoms with E-state index in [-0.39, 0.29) is 12.6 Å². The zero-order valence-corrected chi connectivity index (χ0v) is 17.1. The molecular formula is C20H24N4OS2. The van der Waals surface area contributed by atoms with Gasteiger partial charge in [-0.15, -0.1) is 11.3 Å². The van der Waals surface area contributed by atoms with Gasteiger partial charge in [0.1, 0.15) is 10.6 Å². The van der Waals surface area contributed by atoms with Gasteiger partial charge in [0, 0.05) is 41.2 Å². The number of aliphatic hydroxyl groups excluding tert-OH is 1. The van der Waals surface area contributed by atoms with Crippen molar-refractivity contribution in [3.63, 3.8) is 0 Å². The number of thiophene rings is 1. The van der Waals surface area contributed by atoms with E-state index >= 15 is 0 Å². The first kappa shape index (κ1) is 18.7. The molecular weight excluding hydrogens is 376 g/mol. The third-order valence-electron chi connectivity index (χ3n) is 4.92. The maximum absolute atomic E-state index is 9.45. The van der Waals surface area contributed by atoms with Crippen molar-refractivity contribution in [1.82, 2.24) is 15.0 Å². The lowest BCUT2D eigenvalue weighted by Gasteiger charge is -2.19. The van der Waals surface area contributed by atoms with Crippen molar-refractivity contribution in [3.8, 4) is 11.4 Å². The van der Waals surface area contributed by atoms with Gasteiger partial charge in [-0.25, -0.2) is 9.97 Å². The van der Waals surface area contributed by atoms with Crippen LogP contribution in [0.25, 0.3) is 21.6 Å². The number of aryl methyl sites for hydroxylation is 2. The number of anilines is 1. The highest BCUT2D eigenvalue weighted by Crippen LogP contribution is 2.39. The van der Waals surface area contributed by atoms with Crippen molar-refractivity contribution < 1.29 is 5.11 Å². The third kappa shape index (κ3) is 3.95. The summed E-state index contributed by atoms with van der Waals surface area (Å²) in [5.74, 6) is 2.55. The molecule has 142 valence electrons. The van der Waals surface area contributed by atoms with Crippen LogP contribution in [0.4, 0.5) is 5.82 Å². The molecule has 0 aromatic carbocycles. The molecule has 3 aromatic rings. The Morgan fingerprint density at radius 3 is 2.96 bits per heavy atom. The summed E-state index contributed by atoms with van der Waals surface area (Å²) in [6.45, 7) is 0.170. The van der Waals surface area contributed by atoms with E-state index in [1.165, 1.54) is 28.7 Å². The van der Waals surface area contributed by atoms with Crippen LogP contribution in [0.3, 0.4) is 0 Å². The standard InChI is InChI=1S/C20H24N4OS2/c1-26-12-14(8-10-25)22-19-17-15-6-2-3-7-16(15)27-20(17)24-18(23-19)13-5-4-9-21-11-13/h4-5,9,11,14,25H,2-3,6-8,10,12H2,1H3,(H,22,23,24). The van der Waals surface area contributed by atoms with Crippen molar-refractivity contribution in [2.24, 2.45) is 0 Å². The molecule has 4 rings (SSSR count). The zero-order valence-electron chi connectivity index (χ0n) is 15.4. The summed E-state index contributed by atoms with van der Waals surface area (Å²) in [5.41, 5.74) is 2.35. The van der Waals surface area contributed by atoms with Gasteiger partial charge in [-0.05, 0) is 56.1 Å². The van der Waals surface area contributed by atoms with Gasteiger partial charge in [-0.1, -0.05) is 0 Å². The van der Waals surface area contributed by atoms with E-state index in [4.69, 9.17) is 9.97 Å². The quantitative estimate of drug-likeness (QED) is 0.621. The lowest BCUT2D eigenvalue weighted by molar-refractivity contribution is 0.282. The Morgan fingerprint density at radius 1 is 1.30 bits per heavy atom. The van der Waals surface area contributed by atoms with E-state index in [2.05, 4.69) is 16.6 Å². The second-order valence-corrected chi connectivity index (χ2v) is 8.83. The molecule has 0 saturated heterocycles. The molecule has 3 aromatic heterocycles. The Hall–Kier alpha value is -1.70. The molecule has 27 heavy (non-hydrogen) atoms. The van der Waals surface area contributed by atoms with Crippen LogP contribution in [0.2, 0.25) is 0 Å². The first-order chi connectivity index (χ1) is 13.3. The maximum atomic E-state index is 9.45. The average molecular weight is 401 g/mol. The molecule has 1 atom stereocenters.